The second-order valence-electron chi connectivity index (χ2n) is 6.16. The smallest absolute Gasteiger partial charge is 0.337 e. The van der Waals surface area contributed by atoms with E-state index in [1.54, 1.807) is 37.3 Å². The van der Waals surface area contributed by atoms with Crippen molar-refractivity contribution >= 4 is 27.6 Å². The van der Waals surface area contributed by atoms with Gasteiger partial charge in [0, 0.05) is 0 Å². The summed E-state index contributed by atoms with van der Waals surface area (Å²) < 4.78 is 37.2. The van der Waals surface area contributed by atoms with E-state index in [0.29, 0.717) is 12.1 Å². The molecular formula is C20H23NO7S. The molecule has 0 aliphatic rings. The maximum atomic E-state index is 13.4. The van der Waals surface area contributed by atoms with Gasteiger partial charge in [-0.1, -0.05) is 25.1 Å². The Kier molecular flexibility index (Phi) is 7.35. The number of aliphatic hydroxyl groups excluding tert-OH is 1. The first kappa shape index (κ1) is 22.4. The topological polar surface area (TPSA) is 110 Å². The van der Waals surface area contributed by atoms with Gasteiger partial charge >= 0.3 is 11.9 Å². The van der Waals surface area contributed by atoms with Gasteiger partial charge in [0.1, 0.15) is 0 Å². The molecule has 1 atom stereocenters. The van der Waals surface area contributed by atoms with Crippen molar-refractivity contribution in [3.63, 3.8) is 0 Å². The van der Waals surface area contributed by atoms with E-state index in [4.69, 9.17) is 0 Å². The van der Waals surface area contributed by atoms with Crippen LogP contribution in [-0.4, -0.2) is 52.3 Å². The van der Waals surface area contributed by atoms with E-state index in [2.05, 4.69) is 9.47 Å². The van der Waals surface area contributed by atoms with Gasteiger partial charge in [-0.05, 0) is 36.8 Å². The third-order valence-corrected chi connectivity index (χ3v) is 6.00. The molecule has 0 aliphatic carbocycles. The lowest BCUT2D eigenvalue weighted by atomic mass is 10.1. The van der Waals surface area contributed by atoms with Crippen molar-refractivity contribution in [3.8, 4) is 0 Å². The maximum Gasteiger partial charge on any atom is 0.337 e. The molecule has 2 aromatic carbocycles. The van der Waals surface area contributed by atoms with Crippen LogP contribution in [0, 0.1) is 0 Å². The summed E-state index contributed by atoms with van der Waals surface area (Å²) in [4.78, 5) is 23.7. The number of methoxy groups -OCH3 is 2. The molecule has 0 fully saturated rings. The Labute approximate surface area is 169 Å². The van der Waals surface area contributed by atoms with Gasteiger partial charge in [-0.25, -0.2) is 18.0 Å². The quantitative estimate of drug-likeness (QED) is 0.651. The maximum absolute atomic E-state index is 13.4. The summed E-state index contributed by atoms with van der Waals surface area (Å²) in [5.74, 6) is -1.60. The highest BCUT2D eigenvalue weighted by Gasteiger charge is 2.29. The minimum atomic E-state index is -4.23. The average Bonchev–Trinajstić information content (AvgIpc) is 2.76. The van der Waals surface area contributed by atoms with E-state index in [-0.39, 0.29) is 22.6 Å². The summed E-state index contributed by atoms with van der Waals surface area (Å²) in [6.07, 6.45) is -0.567. The average molecular weight is 421 g/mol. The molecule has 2 aromatic rings. The number of para-hydroxylation sites is 1. The van der Waals surface area contributed by atoms with E-state index >= 15 is 0 Å². The van der Waals surface area contributed by atoms with Crippen LogP contribution in [0.4, 0.5) is 5.69 Å². The van der Waals surface area contributed by atoms with Crippen LogP contribution in [0.15, 0.2) is 53.4 Å². The number of hydrogen-bond acceptors (Lipinski definition) is 7. The molecule has 0 spiro atoms. The normalized spacial score (nSPS) is 12.1. The number of hydrogen-bond donors (Lipinski definition) is 1. The predicted octanol–water partition coefficient (Wildman–Crippen LogP) is 2.23. The lowest BCUT2D eigenvalue weighted by molar-refractivity contribution is 0.0598. The molecule has 0 heterocycles. The van der Waals surface area contributed by atoms with Crippen LogP contribution in [0.1, 0.15) is 34.1 Å². The highest BCUT2D eigenvalue weighted by molar-refractivity contribution is 7.92. The molecule has 0 saturated heterocycles. The van der Waals surface area contributed by atoms with E-state index in [1.807, 2.05) is 0 Å². The Morgan fingerprint density at radius 1 is 1.00 bits per heavy atom. The molecule has 1 N–H and O–H groups in total. The minimum absolute atomic E-state index is 0.113. The SMILES string of the molecule is CCC(O)CN(c1ccccc1)S(=O)(=O)c1cc(C(=O)OC)cc(C(=O)OC)c1. The fourth-order valence-corrected chi connectivity index (χ4v) is 4.18. The molecule has 0 amide bonds. The van der Waals surface area contributed by atoms with Crippen molar-refractivity contribution in [3.05, 3.63) is 59.7 Å². The van der Waals surface area contributed by atoms with Gasteiger partial charge in [-0.2, -0.15) is 0 Å². The lowest BCUT2D eigenvalue weighted by Gasteiger charge is -2.27. The van der Waals surface area contributed by atoms with Gasteiger partial charge in [0.05, 0.1) is 48.6 Å². The Morgan fingerprint density at radius 3 is 1.97 bits per heavy atom. The van der Waals surface area contributed by atoms with Gasteiger partial charge in [0.25, 0.3) is 10.0 Å². The summed E-state index contributed by atoms with van der Waals surface area (Å²) in [5, 5.41) is 10.1. The van der Waals surface area contributed by atoms with Crippen molar-refractivity contribution < 1.29 is 32.6 Å². The number of benzene rings is 2. The number of carbonyl (C=O) groups is 2. The summed E-state index contributed by atoms with van der Waals surface area (Å²) in [7, 11) is -1.93. The molecule has 0 saturated carbocycles. The van der Waals surface area contributed by atoms with Crippen molar-refractivity contribution in [1.29, 1.82) is 0 Å². The number of anilines is 1. The van der Waals surface area contributed by atoms with E-state index in [9.17, 15) is 23.1 Å². The van der Waals surface area contributed by atoms with E-state index in [0.717, 1.165) is 30.7 Å². The number of sulfonamides is 1. The van der Waals surface area contributed by atoms with Crippen molar-refractivity contribution in [1.82, 2.24) is 0 Å². The summed E-state index contributed by atoms with van der Waals surface area (Å²) in [6.45, 7) is 1.53. The second kappa shape index (κ2) is 9.53. The monoisotopic (exact) mass is 421 g/mol. The molecule has 0 aliphatic heterocycles. The Hall–Kier alpha value is -2.91. The molecule has 29 heavy (non-hydrogen) atoms. The van der Waals surface area contributed by atoms with Crippen LogP contribution in [0.3, 0.4) is 0 Å². The molecule has 0 aromatic heterocycles. The summed E-state index contributed by atoms with van der Waals surface area (Å²) >= 11 is 0. The molecule has 156 valence electrons. The first-order valence-corrected chi connectivity index (χ1v) is 10.3. The van der Waals surface area contributed by atoms with E-state index in [1.165, 1.54) is 6.07 Å². The van der Waals surface area contributed by atoms with Crippen LogP contribution >= 0.6 is 0 Å². The summed E-state index contributed by atoms with van der Waals surface area (Å²) in [6, 6.07) is 11.7. The van der Waals surface area contributed by atoms with Gasteiger partial charge in [0.2, 0.25) is 0 Å². The molecule has 1 unspecified atom stereocenters. The molecule has 8 nitrogen and oxygen atoms in total. The van der Waals surface area contributed by atoms with Crippen LogP contribution in [0.5, 0.6) is 0 Å². The highest BCUT2D eigenvalue weighted by atomic mass is 32.2. The molecular weight excluding hydrogens is 398 g/mol. The zero-order valence-electron chi connectivity index (χ0n) is 16.4. The van der Waals surface area contributed by atoms with Crippen molar-refractivity contribution in [2.45, 2.75) is 24.3 Å². The van der Waals surface area contributed by atoms with Crippen LogP contribution < -0.4 is 4.31 Å². The predicted molar refractivity (Wildman–Crippen MR) is 106 cm³/mol. The van der Waals surface area contributed by atoms with Gasteiger partial charge < -0.3 is 14.6 Å². The van der Waals surface area contributed by atoms with Crippen molar-refractivity contribution in [2.24, 2.45) is 0 Å². The Morgan fingerprint density at radius 2 is 1.52 bits per heavy atom. The number of rotatable bonds is 8. The minimum Gasteiger partial charge on any atom is -0.465 e. The number of carbonyl (C=O) groups excluding carboxylic acids is 2. The van der Waals surface area contributed by atoms with Gasteiger partial charge in [-0.3, -0.25) is 4.31 Å². The van der Waals surface area contributed by atoms with Crippen LogP contribution in [-0.2, 0) is 19.5 Å². The standard InChI is InChI=1S/C20H23NO7S/c1-4-17(22)13-21(16-8-6-5-7-9-16)29(25,26)18-11-14(19(23)27-2)10-15(12-18)20(24)28-3/h5-12,17,22H,4,13H2,1-3H3. The molecule has 0 bridgehead atoms. The van der Waals surface area contributed by atoms with E-state index < -0.39 is 28.1 Å². The Bertz CT molecular complexity index is 939. The lowest BCUT2D eigenvalue weighted by Crippen LogP contribution is -2.37. The molecule has 9 heteroatoms. The van der Waals surface area contributed by atoms with Gasteiger partial charge in [-0.15, -0.1) is 0 Å². The van der Waals surface area contributed by atoms with Crippen LogP contribution in [0.25, 0.3) is 0 Å². The Balaban J connectivity index is 2.66. The zero-order chi connectivity index (χ0) is 21.6. The number of ether oxygens (including phenoxy) is 2. The number of nitrogens with zero attached hydrogens (tertiary/aromatic N) is 1. The van der Waals surface area contributed by atoms with Crippen LogP contribution in [0.2, 0.25) is 0 Å². The van der Waals surface area contributed by atoms with Crippen molar-refractivity contribution in [2.75, 3.05) is 25.1 Å². The highest BCUT2D eigenvalue weighted by Crippen LogP contribution is 2.26. The molecule has 0 radical (unpaired) electrons. The third-order valence-electron chi connectivity index (χ3n) is 4.23. The fraction of sp³-hybridized carbons (Fsp3) is 0.300. The first-order valence-electron chi connectivity index (χ1n) is 8.82. The molecule has 2 rings (SSSR count). The second-order valence-corrected chi connectivity index (χ2v) is 8.03. The number of esters is 2. The third kappa shape index (κ3) is 5.12. The largest absolute Gasteiger partial charge is 0.465 e. The zero-order valence-corrected chi connectivity index (χ0v) is 17.2. The summed E-state index contributed by atoms with van der Waals surface area (Å²) in [5.41, 5.74) is 0.110. The number of aliphatic hydroxyl groups is 1. The first-order chi connectivity index (χ1) is 13.7. The van der Waals surface area contributed by atoms with Gasteiger partial charge in [0.15, 0.2) is 0 Å². The fourth-order valence-electron chi connectivity index (χ4n) is 2.60.